The SMILES string of the molecule is C=CCc1c(C=O)cc(OCc2ccccc2)cc1OCc1ccccc1. The number of aldehydes is 1. The maximum Gasteiger partial charge on any atom is 0.150 e. The van der Waals surface area contributed by atoms with E-state index in [1.165, 1.54) is 0 Å². The average molecular weight is 358 g/mol. The van der Waals surface area contributed by atoms with Gasteiger partial charge in [0, 0.05) is 17.2 Å². The molecule has 0 saturated heterocycles. The van der Waals surface area contributed by atoms with E-state index < -0.39 is 0 Å². The normalized spacial score (nSPS) is 10.2. The first-order valence-electron chi connectivity index (χ1n) is 8.86. The van der Waals surface area contributed by atoms with Gasteiger partial charge in [0.15, 0.2) is 6.29 Å². The second-order valence-corrected chi connectivity index (χ2v) is 6.15. The number of ether oxygens (including phenoxy) is 2. The Balaban J connectivity index is 1.83. The van der Waals surface area contributed by atoms with Crippen LogP contribution in [0.2, 0.25) is 0 Å². The molecule has 0 unspecified atom stereocenters. The third kappa shape index (κ3) is 5.08. The molecule has 3 rings (SSSR count). The number of hydrogen-bond donors (Lipinski definition) is 0. The monoisotopic (exact) mass is 358 g/mol. The Hall–Kier alpha value is -3.33. The fraction of sp³-hybridized carbons (Fsp3) is 0.125. The minimum Gasteiger partial charge on any atom is -0.489 e. The zero-order valence-electron chi connectivity index (χ0n) is 15.1. The summed E-state index contributed by atoms with van der Waals surface area (Å²) in [5, 5.41) is 0. The van der Waals surface area contributed by atoms with Crippen LogP contribution in [0.4, 0.5) is 0 Å². The van der Waals surface area contributed by atoms with Gasteiger partial charge in [-0.15, -0.1) is 6.58 Å². The summed E-state index contributed by atoms with van der Waals surface area (Å²) in [6, 6.07) is 23.4. The molecule has 3 aromatic rings. The Morgan fingerprint density at radius 1 is 0.815 bits per heavy atom. The molecule has 0 heterocycles. The van der Waals surface area contributed by atoms with E-state index in [0.717, 1.165) is 23.0 Å². The lowest BCUT2D eigenvalue weighted by Crippen LogP contribution is -2.03. The number of benzene rings is 3. The fourth-order valence-corrected chi connectivity index (χ4v) is 2.80. The lowest BCUT2D eigenvalue weighted by Gasteiger charge is -2.15. The highest BCUT2D eigenvalue weighted by atomic mass is 16.5. The molecule has 0 fully saturated rings. The Labute approximate surface area is 159 Å². The van der Waals surface area contributed by atoms with Crippen LogP contribution in [-0.4, -0.2) is 6.29 Å². The van der Waals surface area contributed by atoms with Gasteiger partial charge in [0.2, 0.25) is 0 Å². The summed E-state index contributed by atoms with van der Waals surface area (Å²) < 4.78 is 11.9. The van der Waals surface area contributed by atoms with Crippen LogP contribution in [-0.2, 0) is 19.6 Å². The molecular formula is C24H22O3. The summed E-state index contributed by atoms with van der Waals surface area (Å²) in [5.74, 6) is 1.25. The molecule has 27 heavy (non-hydrogen) atoms. The van der Waals surface area contributed by atoms with Crippen molar-refractivity contribution in [3.63, 3.8) is 0 Å². The Bertz CT molecular complexity index is 886. The second kappa shape index (κ2) is 9.39. The number of carbonyl (C=O) groups is 1. The molecule has 0 aromatic heterocycles. The first kappa shape index (κ1) is 18.5. The summed E-state index contributed by atoms with van der Waals surface area (Å²) in [5.41, 5.74) is 3.50. The average Bonchev–Trinajstić information content (AvgIpc) is 2.73. The Morgan fingerprint density at radius 2 is 1.41 bits per heavy atom. The number of carbonyl (C=O) groups excluding carboxylic acids is 1. The van der Waals surface area contributed by atoms with Crippen molar-refractivity contribution in [3.8, 4) is 11.5 Å². The van der Waals surface area contributed by atoms with Crippen molar-refractivity contribution in [1.82, 2.24) is 0 Å². The summed E-state index contributed by atoms with van der Waals surface area (Å²) in [7, 11) is 0. The van der Waals surface area contributed by atoms with E-state index in [9.17, 15) is 4.79 Å². The van der Waals surface area contributed by atoms with Crippen molar-refractivity contribution in [1.29, 1.82) is 0 Å². The fourth-order valence-electron chi connectivity index (χ4n) is 2.80. The van der Waals surface area contributed by atoms with Crippen LogP contribution in [0.15, 0.2) is 85.5 Å². The zero-order chi connectivity index (χ0) is 18.9. The summed E-state index contributed by atoms with van der Waals surface area (Å²) >= 11 is 0. The predicted octanol–water partition coefficient (Wildman–Crippen LogP) is 5.39. The highest BCUT2D eigenvalue weighted by molar-refractivity contribution is 5.80. The molecule has 0 spiro atoms. The van der Waals surface area contributed by atoms with Crippen molar-refractivity contribution in [3.05, 3.63) is 108 Å². The maximum absolute atomic E-state index is 11.6. The van der Waals surface area contributed by atoms with Crippen LogP contribution in [0.3, 0.4) is 0 Å². The molecule has 0 N–H and O–H groups in total. The van der Waals surface area contributed by atoms with E-state index in [1.54, 1.807) is 12.1 Å². The van der Waals surface area contributed by atoms with Crippen LogP contribution in [0.1, 0.15) is 27.0 Å². The molecule has 3 nitrogen and oxygen atoms in total. The maximum atomic E-state index is 11.6. The van der Waals surface area contributed by atoms with Gasteiger partial charge in [0.25, 0.3) is 0 Å². The standard InChI is InChI=1S/C24H22O3/c1-2-9-23-21(16-25)14-22(26-17-19-10-5-3-6-11-19)15-24(23)27-18-20-12-7-4-8-13-20/h2-8,10-16H,1,9,17-18H2. The largest absolute Gasteiger partial charge is 0.489 e. The first-order chi connectivity index (χ1) is 13.3. The molecule has 3 heteroatoms. The Morgan fingerprint density at radius 3 is 1.96 bits per heavy atom. The zero-order valence-corrected chi connectivity index (χ0v) is 15.1. The summed E-state index contributed by atoms with van der Waals surface area (Å²) in [6.07, 6.45) is 3.16. The topological polar surface area (TPSA) is 35.5 Å². The van der Waals surface area contributed by atoms with Crippen LogP contribution in [0.5, 0.6) is 11.5 Å². The molecule has 0 amide bonds. The van der Waals surface area contributed by atoms with Crippen LogP contribution in [0, 0.1) is 0 Å². The van der Waals surface area contributed by atoms with Gasteiger partial charge < -0.3 is 9.47 Å². The molecule has 0 bridgehead atoms. The van der Waals surface area contributed by atoms with Crippen LogP contribution in [0.25, 0.3) is 0 Å². The van der Waals surface area contributed by atoms with Crippen molar-refractivity contribution < 1.29 is 14.3 Å². The Kier molecular flexibility index (Phi) is 6.42. The van der Waals surface area contributed by atoms with Gasteiger partial charge in [-0.25, -0.2) is 0 Å². The second-order valence-electron chi connectivity index (χ2n) is 6.15. The third-order valence-electron chi connectivity index (χ3n) is 4.18. The van der Waals surface area contributed by atoms with E-state index in [0.29, 0.717) is 36.7 Å². The smallest absolute Gasteiger partial charge is 0.150 e. The molecule has 3 aromatic carbocycles. The molecule has 0 aliphatic heterocycles. The van der Waals surface area contributed by atoms with Gasteiger partial charge in [-0.05, 0) is 23.6 Å². The van der Waals surface area contributed by atoms with Crippen molar-refractivity contribution in [2.24, 2.45) is 0 Å². The van der Waals surface area contributed by atoms with Gasteiger partial charge in [-0.3, -0.25) is 4.79 Å². The summed E-state index contributed by atoms with van der Waals surface area (Å²) in [4.78, 5) is 11.6. The summed E-state index contributed by atoms with van der Waals surface area (Å²) in [6.45, 7) is 4.64. The minimum atomic E-state index is 0.422. The van der Waals surface area contributed by atoms with Gasteiger partial charge in [0.05, 0.1) is 0 Å². The van der Waals surface area contributed by atoms with E-state index >= 15 is 0 Å². The van der Waals surface area contributed by atoms with Crippen LogP contribution >= 0.6 is 0 Å². The molecule has 0 aliphatic carbocycles. The molecule has 0 saturated carbocycles. The van der Waals surface area contributed by atoms with Crippen molar-refractivity contribution in [2.75, 3.05) is 0 Å². The van der Waals surface area contributed by atoms with E-state index in [1.807, 2.05) is 66.7 Å². The van der Waals surface area contributed by atoms with Gasteiger partial charge >= 0.3 is 0 Å². The van der Waals surface area contributed by atoms with Gasteiger partial charge in [-0.1, -0.05) is 66.7 Å². The van der Waals surface area contributed by atoms with Gasteiger partial charge in [0.1, 0.15) is 24.7 Å². The lowest BCUT2D eigenvalue weighted by molar-refractivity contribution is 0.112. The van der Waals surface area contributed by atoms with Crippen LogP contribution < -0.4 is 9.47 Å². The molecular weight excluding hydrogens is 336 g/mol. The molecule has 136 valence electrons. The minimum absolute atomic E-state index is 0.422. The molecule has 0 radical (unpaired) electrons. The van der Waals surface area contributed by atoms with E-state index in [-0.39, 0.29) is 0 Å². The van der Waals surface area contributed by atoms with E-state index in [4.69, 9.17) is 9.47 Å². The molecule has 0 aliphatic rings. The molecule has 0 atom stereocenters. The van der Waals surface area contributed by atoms with E-state index in [2.05, 4.69) is 6.58 Å². The lowest BCUT2D eigenvalue weighted by atomic mass is 10.0. The number of hydrogen-bond acceptors (Lipinski definition) is 3. The highest BCUT2D eigenvalue weighted by Crippen LogP contribution is 2.30. The van der Waals surface area contributed by atoms with Gasteiger partial charge in [-0.2, -0.15) is 0 Å². The third-order valence-corrected chi connectivity index (χ3v) is 4.18. The van der Waals surface area contributed by atoms with Crippen molar-refractivity contribution >= 4 is 6.29 Å². The van der Waals surface area contributed by atoms with Crippen molar-refractivity contribution in [2.45, 2.75) is 19.6 Å². The first-order valence-corrected chi connectivity index (χ1v) is 8.86. The quantitative estimate of drug-likeness (QED) is 0.380. The number of rotatable bonds is 9. The highest BCUT2D eigenvalue weighted by Gasteiger charge is 2.12. The predicted molar refractivity (Wildman–Crippen MR) is 107 cm³/mol. The number of allylic oxidation sites excluding steroid dienone is 1.